The number of nitrogens with two attached hydrogens (primary N) is 1. The van der Waals surface area contributed by atoms with E-state index >= 15 is 0 Å². The number of hydrogen-bond donors (Lipinski definition) is 2. The van der Waals surface area contributed by atoms with Crippen molar-refractivity contribution in [3.8, 4) is 0 Å². The highest BCUT2D eigenvalue weighted by Crippen LogP contribution is 2.55. The van der Waals surface area contributed by atoms with Crippen molar-refractivity contribution in [2.75, 3.05) is 6.54 Å². The first-order valence-corrected chi connectivity index (χ1v) is 4.53. The number of carboxylic acid groups (broad SMARTS) is 1. The first-order valence-electron chi connectivity index (χ1n) is 3.78. The van der Waals surface area contributed by atoms with Crippen molar-refractivity contribution in [2.24, 2.45) is 17.6 Å². The summed E-state index contributed by atoms with van der Waals surface area (Å²) in [6.07, 6.45) is 1.17. The van der Waals surface area contributed by atoms with Gasteiger partial charge < -0.3 is 10.8 Å². The lowest BCUT2D eigenvalue weighted by molar-refractivity contribution is -0.141. The molecular weight excluding hydrogens is 201 g/mol. The number of hydrogen-bond acceptors (Lipinski definition) is 2. The summed E-state index contributed by atoms with van der Waals surface area (Å²) in [5.41, 5.74) is 5.27. The molecule has 0 saturated heterocycles. The van der Waals surface area contributed by atoms with E-state index in [1.54, 1.807) is 0 Å². The second-order valence-corrected chi connectivity index (χ2v) is 4.71. The summed E-state index contributed by atoms with van der Waals surface area (Å²) in [6, 6.07) is 0. The zero-order chi connectivity index (χ0) is 9.35. The van der Waals surface area contributed by atoms with Crippen LogP contribution in [0.25, 0.3) is 0 Å². The van der Waals surface area contributed by atoms with Crippen LogP contribution in [0.1, 0.15) is 12.8 Å². The monoisotopic (exact) mass is 211 g/mol. The predicted octanol–water partition coefficient (Wildman–Crippen LogP) is 1.23. The summed E-state index contributed by atoms with van der Waals surface area (Å²) in [4.78, 5) is 10.5. The van der Waals surface area contributed by atoms with E-state index in [4.69, 9.17) is 34.0 Å². The molecular formula is C7H11Cl2NO2. The third-order valence-electron chi connectivity index (χ3n) is 2.16. The Kier molecular flexibility index (Phi) is 2.86. The van der Waals surface area contributed by atoms with Crippen molar-refractivity contribution < 1.29 is 9.90 Å². The normalized spacial score (nSPS) is 28.1. The van der Waals surface area contributed by atoms with Crippen LogP contribution in [0.3, 0.4) is 0 Å². The Morgan fingerprint density at radius 3 is 2.50 bits per heavy atom. The summed E-state index contributed by atoms with van der Waals surface area (Å²) in [5.74, 6) is -1.27. The molecule has 0 aliphatic heterocycles. The molecule has 0 radical (unpaired) electrons. The number of aliphatic carboxylic acids is 1. The van der Waals surface area contributed by atoms with Crippen LogP contribution in [0, 0.1) is 11.8 Å². The standard InChI is InChI=1S/C7H11Cl2NO2/c8-7(9)2-5(7)1-4(3-10)6(11)12/h4-5H,1-3,10H2,(H,11,12). The van der Waals surface area contributed by atoms with Crippen molar-refractivity contribution in [3.05, 3.63) is 0 Å². The van der Waals surface area contributed by atoms with Gasteiger partial charge in [0.25, 0.3) is 0 Å². The van der Waals surface area contributed by atoms with Crippen molar-refractivity contribution in [3.63, 3.8) is 0 Å². The minimum absolute atomic E-state index is 0.102. The van der Waals surface area contributed by atoms with Gasteiger partial charge in [0, 0.05) is 6.54 Å². The van der Waals surface area contributed by atoms with E-state index in [2.05, 4.69) is 0 Å². The van der Waals surface area contributed by atoms with Gasteiger partial charge in [-0.1, -0.05) is 0 Å². The highest BCUT2D eigenvalue weighted by Gasteiger charge is 2.52. The second kappa shape index (κ2) is 3.40. The molecule has 1 rings (SSSR count). The predicted molar refractivity (Wildman–Crippen MR) is 47.3 cm³/mol. The van der Waals surface area contributed by atoms with Gasteiger partial charge >= 0.3 is 5.97 Å². The molecule has 1 aliphatic carbocycles. The lowest BCUT2D eigenvalue weighted by Crippen LogP contribution is -2.24. The van der Waals surface area contributed by atoms with Gasteiger partial charge in [-0.05, 0) is 18.8 Å². The quantitative estimate of drug-likeness (QED) is 0.689. The fraction of sp³-hybridized carbons (Fsp3) is 0.857. The maximum Gasteiger partial charge on any atom is 0.307 e. The van der Waals surface area contributed by atoms with Gasteiger partial charge in [-0.25, -0.2) is 0 Å². The fourth-order valence-electron chi connectivity index (χ4n) is 1.17. The molecule has 1 saturated carbocycles. The van der Waals surface area contributed by atoms with Crippen LogP contribution in [0.15, 0.2) is 0 Å². The summed E-state index contributed by atoms with van der Waals surface area (Å²) in [6.45, 7) is 0.149. The number of carbonyl (C=O) groups is 1. The summed E-state index contributed by atoms with van der Waals surface area (Å²) < 4.78 is -0.692. The highest BCUT2D eigenvalue weighted by atomic mass is 35.5. The number of alkyl halides is 2. The minimum atomic E-state index is -0.867. The Hall–Kier alpha value is 0.01000. The first kappa shape index (κ1) is 10.1. The molecule has 2 unspecified atom stereocenters. The molecule has 0 aromatic carbocycles. The SMILES string of the molecule is NCC(CC1CC1(Cl)Cl)C(=O)O. The average Bonchev–Trinajstić information content (AvgIpc) is 2.53. The van der Waals surface area contributed by atoms with Crippen LogP contribution >= 0.6 is 23.2 Å². The van der Waals surface area contributed by atoms with E-state index in [0.717, 1.165) is 0 Å². The summed E-state index contributed by atoms with van der Waals surface area (Å²) >= 11 is 11.5. The van der Waals surface area contributed by atoms with Gasteiger partial charge in [0.2, 0.25) is 0 Å². The Labute approximate surface area is 80.8 Å². The van der Waals surface area contributed by atoms with Crippen molar-refractivity contribution in [1.82, 2.24) is 0 Å². The van der Waals surface area contributed by atoms with Crippen LogP contribution in [0.2, 0.25) is 0 Å². The van der Waals surface area contributed by atoms with Crippen LogP contribution in [0.4, 0.5) is 0 Å². The summed E-state index contributed by atoms with van der Waals surface area (Å²) in [7, 11) is 0. The van der Waals surface area contributed by atoms with Gasteiger partial charge in [0.05, 0.1) is 5.92 Å². The first-order chi connectivity index (χ1) is 5.47. The lowest BCUT2D eigenvalue weighted by Gasteiger charge is -2.08. The van der Waals surface area contributed by atoms with Crippen molar-refractivity contribution in [1.29, 1.82) is 0 Å². The molecule has 1 aliphatic rings. The smallest absolute Gasteiger partial charge is 0.307 e. The van der Waals surface area contributed by atoms with E-state index < -0.39 is 16.2 Å². The van der Waals surface area contributed by atoms with Crippen LogP contribution in [-0.4, -0.2) is 22.0 Å². The molecule has 0 spiro atoms. The molecule has 70 valence electrons. The molecule has 0 heterocycles. The van der Waals surface area contributed by atoms with E-state index in [-0.39, 0.29) is 12.5 Å². The van der Waals surface area contributed by atoms with Gasteiger partial charge in [0.15, 0.2) is 0 Å². The molecule has 0 amide bonds. The Morgan fingerprint density at radius 1 is 1.75 bits per heavy atom. The Balaban J connectivity index is 2.35. The molecule has 0 aromatic rings. The third-order valence-corrected chi connectivity index (χ3v) is 3.08. The molecule has 5 heteroatoms. The third kappa shape index (κ3) is 2.25. The van der Waals surface area contributed by atoms with Crippen molar-refractivity contribution >= 4 is 29.2 Å². The topological polar surface area (TPSA) is 63.3 Å². The maximum atomic E-state index is 10.5. The fourth-order valence-corrected chi connectivity index (χ4v) is 1.72. The van der Waals surface area contributed by atoms with Gasteiger partial charge in [-0.15, -0.1) is 23.2 Å². The largest absolute Gasteiger partial charge is 0.481 e. The summed E-state index contributed by atoms with van der Waals surface area (Å²) in [5, 5.41) is 8.65. The minimum Gasteiger partial charge on any atom is -0.481 e. The highest BCUT2D eigenvalue weighted by molar-refractivity contribution is 6.50. The van der Waals surface area contributed by atoms with Gasteiger partial charge in [-0.3, -0.25) is 4.79 Å². The van der Waals surface area contributed by atoms with E-state index in [0.29, 0.717) is 12.8 Å². The molecule has 2 atom stereocenters. The number of rotatable bonds is 4. The zero-order valence-corrected chi connectivity index (χ0v) is 7.98. The molecule has 3 N–H and O–H groups in total. The molecule has 0 aromatic heterocycles. The van der Waals surface area contributed by atoms with Crippen molar-refractivity contribution in [2.45, 2.75) is 17.2 Å². The zero-order valence-electron chi connectivity index (χ0n) is 6.46. The average molecular weight is 212 g/mol. The Bertz CT molecular complexity index is 196. The number of carboxylic acids is 1. The van der Waals surface area contributed by atoms with E-state index in [1.807, 2.05) is 0 Å². The van der Waals surface area contributed by atoms with Crippen LogP contribution in [-0.2, 0) is 4.79 Å². The number of halogens is 2. The van der Waals surface area contributed by atoms with Gasteiger partial charge in [-0.2, -0.15) is 0 Å². The molecule has 3 nitrogen and oxygen atoms in total. The Morgan fingerprint density at radius 2 is 2.25 bits per heavy atom. The lowest BCUT2D eigenvalue weighted by atomic mass is 10.0. The molecule has 12 heavy (non-hydrogen) atoms. The maximum absolute atomic E-state index is 10.5. The van der Waals surface area contributed by atoms with Gasteiger partial charge in [0.1, 0.15) is 4.33 Å². The molecule has 1 fully saturated rings. The van der Waals surface area contributed by atoms with Crippen LogP contribution < -0.4 is 5.73 Å². The van der Waals surface area contributed by atoms with Crippen LogP contribution in [0.5, 0.6) is 0 Å². The molecule has 0 bridgehead atoms. The van der Waals surface area contributed by atoms with E-state index in [1.165, 1.54) is 0 Å². The second-order valence-electron chi connectivity index (χ2n) is 3.17. The van der Waals surface area contributed by atoms with E-state index in [9.17, 15) is 4.79 Å².